The van der Waals surface area contributed by atoms with Crippen molar-refractivity contribution in [2.24, 2.45) is 0 Å². The van der Waals surface area contributed by atoms with Crippen LogP contribution >= 0.6 is 11.6 Å². The third kappa shape index (κ3) is 5.00. The molecule has 0 spiro atoms. The third-order valence-electron chi connectivity index (χ3n) is 3.51. The highest BCUT2D eigenvalue weighted by molar-refractivity contribution is 6.32. The van der Waals surface area contributed by atoms with Gasteiger partial charge in [0.2, 0.25) is 0 Å². The largest absolute Gasteiger partial charge is 0.490 e. The quantitative estimate of drug-likeness (QED) is 0.492. The molecule has 25 heavy (non-hydrogen) atoms. The van der Waals surface area contributed by atoms with Crippen molar-refractivity contribution in [1.29, 1.82) is 0 Å². The van der Waals surface area contributed by atoms with Gasteiger partial charge in [0.1, 0.15) is 13.2 Å². The minimum Gasteiger partial charge on any atom is -0.490 e. The zero-order chi connectivity index (χ0) is 18.2. The lowest BCUT2D eigenvalue weighted by molar-refractivity contribution is 0.0549. The maximum Gasteiger partial charge on any atom is 0.338 e. The molecule has 4 nitrogen and oxygen atoms in total. The topological polar surface area (TPSA) is 44.8 Å². The van der Waals surface area contributed by atoms with E-state index in [0.29, 0.717) is 35.3 Å². The van der Waals surface area contributed by atoms with Crippen molar-refractivity contribution in [3.63, 3.8) is 0 Å². The van der Waals surface area contributed by atoms with Crippen molar-refractivity contribution in [1.82, 2.24) is 0 Å². The third-order valence-corrected chi connectivity index (χ3v) is 3.79. The molecule has 0 amide bonds. The molecule has 0 atom stereocenters. The van der Waals surface area contributed by atoms with Crippen LogP contribution in [0.1, 0.15) is 28.4 Å². The second-order valence-corrected chi connectivity index (χ2v) is 5.73. The van der Waals surface area contributed by atoms with Crippen LogP contribution in [0.4, 0.5) is 0 Å². The molecule has 132 valence electrons. The van der Waals surface area contributed by atoms with Gasteiger partial charge in [0, 0.05) is 0 Å². The van der Waals surface area contributed by atoms with E-state index in [9.17, 15) is 4.79 Å². The van der Waals surface area contributed by atoms with Gasteiger partial charge >= 0.3 is 5.97 Å². The lowest BCUT2D eigenvalue weighted by atomic mass is 10.1. The minimum atomic E-state index is -0.492. The Kier molecular flexibility index (Phi) is 6.90. The number of carbonyl (C=O) groups excluding carboxylic acids is 1. The van der Waals surface area contributed by atoms with E-state index in [1.807, 2.05) is 38.1 Å². The van der Waals surface area contributed by atoms with Gasteiger partial charge in [-0.05, 0) is 37.1 Å². The van der Waals surface area contributed by atoms with E-state index in [-0.39, 0.29) is 6.61 Å². The molecule has 0 aliphatic rings. The Morgan fingerprint density at radius 2 is 2.00 bits per heavy atom. The number of carbonyl (C=O) groups is 1. The summed E-state index contributed by atoms with van der Waals surface area (Å²) in [7, 11) is 0. The molecule has 2 aromatic rings. The molecular formula is C20H21ClO4. The van der Waals surface area contributed by atoms with Gasteiger partial charge in [-0.2, -0.15) is 0 Å². The van der Waals surface area contributed by atoms with Crippen molar-refractivity contribution in [2.45, 2.75) is 20.5 Å². The van der Waals surface area contributed by atoms with Gasteiger partial charge in [-0.1, -0.05) is 48.5 Å². The molecule has 5 heteroatoms. The molecular weight excluding hydrogens is 340 g/mol. The maximum atomic E-state index is 12.0. The van der Waals surface area contributed by atoms with E-state index < -0.39 is 5.97 Å². The molecule has 0 fully saturated rings. The number of benzene rings is 2. The molecule has 0 saturated heterocycles. The summed E-state index contributed by atoms with van der Waals surface area (Å²) in [5, 5.41) is 0.296. The first-order chi connectivity index (χ1) is 12.1. The Balaban J connectivity index is 2.26. The summed E-state index contributed by atoms with van der Waals surface area (Å²) in [6.07, 6.45) is 1.50. The monoisotopic (exact) mass is 360 g/mol. The van der Waals surface area contributed by atoms with Crippen LogP contribution in [-0.2, 0) is 11.3 Å². The van der Waals surface area contributed by atoms with Gasteiger partial charge in [0.25, 0.3) is 0 Å². The van der Waals surface area contributed by atoms with Crippen LogP contribution in [0.15, 0.2) is 49.1 Å². The fourth-order valence-electron chi connectivity index (χ4n) is 2.23. The van der Waals surface area contributed by atoms with Crippen LogP contribution < -0.4 is 9.47 Å². The second-order valence-electron chi connectivity index (χ2n) is 5.32. The molecule has 0 heterocycles. The molecule has 2 aromatic carbocycles. The number of hydrogen-bond acceptors (Lipinski definition) is 4. The molecule has 0 N–H and O–H groups in total. The van der Waals surface area contributed by atoms with Crippen molar-refractivity contribution in [2.75, 3.05) is 13.2 Å². The van der Waals surface area contributed by atoms with Gasteiger partial charge in [-0.25, -0.2) is 4.79 Å². The SMILES string of the molecule is C=CCOC(=O)c1cc(Cl)c(OCc2ccccc2C)c(OCC)c1. The van der Waals surface area contributed by atoms with Crippen molar-refractivity contribution < 1.29 is 19.0 Å². The summed E-state index contributed by atoms with van der Waals surface area (Å²) in [4.78, 5) is 12.0. The fraction of sp³-hybridized carbons (Fsp3) is 0.250. The average molecular weight is 361 g/mol. The number of hydrogen-bond donors (Lipinski definition) is 0. The van der Waals surface area contributed by atoms with E-state index >= 15 is 0 Å². The Morgan fingerprint density at radius 1 is 1.24 bits per heavy atom. The maximum absolute atomic E-state index is 12.0. The molecule has 0 bridgehead atoms. The number of aryl methyl sites for hydroxylation is 1. The summed E-state index contributed by atoms with van der Waals surface area (Å²) in [5.74, 6) is 0.328. The number of ether oxygens (including phenoxy) is 3. The Bertz CT molecular complexity index is 755. The van der Waals surface area contributed by atoms with Gasteiger partial charge in [-0.3, -0.25) is 0 Å². The highest BCUT2D eigenvalue weighted by Crippen LogP contribution is 2.37. The summed E-state index contributed by atoms with van der Waals surface area (Å²) in [6.45, 7) is 8.29. The Morgan fingerprint density at radius 3 is 2.68 bits per heavy atom. The number of rotatable bonds is 8. The zero-order valence-corrected chi connectivity index (χ0v) is 15.1. The molecule has 0 aliphatic heterocycles. The summed E-state index contributed by atoms with van der Waals surface area (Å²) in [6, 6.07) is 11.0. The van der Waals surface area contributed by atoms with Gasteiger partial charge in [-0.15, -0.1) is 0 Å². The number of esters is 1. The fourth-order valence-corrected chi connectivity index (χ4v) is 2.49. The van der Waals surface area contributed by atoms with Gasteiger partial charge in [0.05, 0.1) is 17.2 Å². The van der Waals surface area contributed by atoms with E-state index in [4.69, 9.17) is 25.8 Å². The van der Waals surface area contributed by atoms with Crippen molar-refractivity contribution in [3.8, 4) is 11.5 Å². The molecule has 2 rings (SSSR count). The molecule has 0 saturated carbocycles. The smallest absolute Gasteiger partial charge is 0.338 e. The average Bonchev–Trinajstić information content (AvgIpc) is 2.60. The zero-order valence-electron chi connectivity index (χ0n) is 14.4. The molecule has 0 aliphatic carbocycles. The highest BCUT2D eigenvalue weighted by Gasteiger charge is 2.17. The van der Waals surface area contributed by atoms with Crippen LogP contribution in [-0.4, -0.2) is 19.2 Å². The van der Waals surface area contributed by atoms with Crippen molar-refractivity contribution in [3.05, 3.63) is 70.8 Å². The van der Waals surface area contributed by atoms with Crippen LogP contribution in [0.3, 0.4) is 0 Å². The van der Waals surface area contributed by atoms with Crippen LogP contribution in [0.25, 0.3) is 0 Å². The first-order valence-corrected chi connectivity index (χ1v) is 8.36. The van der Waals surface area contributed by atoms with Gasteiger partial charge < -0.3 is 14.2 Å². The standard InChI is InChI=1S/C20H21ClO4/c1-4-10-24-20(22)16-11-17(21)19(18(12-16)23-5-2)25-13-15-9-7-6-8-14(15)3/h4,6-9,11-12H,1,5,10,13H2,2-3H3. The normalized spacial score (nSPS) is 10.2. The Labute approximate surface area is 153 Å². The van der Waals surface area contributed by atoms with Crippen molar-refractivity contribution >= 4 is 17.6 Å². The predicted octanol–water partition coefficient (Wildman–Crippen LogP) is 4.97. The molecule has 0 unspecified atom stereocenters. The number of halogens is 1. The molecule has 0 aromatic heterocycles. The predicted molar refractivity (Wildman–Crippen MR) is 98.6 cm³/mol. The molecule has 0 radical (unpaired) electrons. The highest BCUT2D eigenvalue weighted by atomic mass is 35.5. The first kappa shape index (κ1) is 18.9. The lowest BCUT2D eigenvalue weighted by Gasteiger charge is -2.15. The van der Waals surface area contributed by atoms with E-state index in [0.717, 1.165) is 11.1 Å². The van der Waals surface area contributed by atoms with E-state index in [1.165, 1.54) is 12.1 Å². The van der Waals surface area contributed by atoms with E-state index in [2.05, 4.69) is 6.58 Å². The van der Waals surface area contributed by atoms with Gasteiger partial charge in [0.15, 0.2) is 11.5 Å². The summed E-state index contributed by atoms with van der Waals surface area (Å²) in [5.41, 5.74) is 2.48. The first-order valence-electron chi connectivity index (χ1n) is 7.98. The van der Waals surface area contributed by atoms with Crippen LogP contribution in [0, 0.1) is 6.92 Å². The summed E-state index contributed by atoms with van der Waals surface area (Å²) >= 11 is 6.32. The summed E-state index contributed by atoms with van der Waals surface area (Å²) < 4.78 is 16.5. The Hall–Kier alpha value is -2.46. The van der Waals surface area contributed by atoms with Crippen LogP contribution in [0.2, 0.25) is 5.02 Å². The van der Waals surface area contributed by atoms with E-state index in [1.54, 1.807) is 6.07 Å². The second kappa shape index (κ2) is 9.14. The van der Waals surface area contributed by atoms with Crippen LogP contribution in [0.5, 0.6) is 11.5 Å². The lowest BCUT2D eigenvalue weighted by Crippen LogP contribution is -2.07. The minimum absolute atomic E-state index is 0.131.